The summed E-state index contributed by atoms with van der Waals surface area (Å²) in [5.41, 5.74) is 0.894. The zero-order chi connectivity index (χ0) is 28.6. The monoisotopic (exact) mass is 562 g/mol. The predicted molar refractivity (Wildman–Crippen MR) is 153 cm³/mol. The fourth-order valence-corrected chi connectivity index (χ4v) is 5.51. The number of amides is 3. The van der Waals surface area contributed by atoms with Gasteiger partial charge in [0.15, 0.2) is 11.5 Å². The number of urea groups is 1. The number of rotatable bonds is 9. The fraction of sp³-hybridized carbons (Fsp3) is 0.483. The molecule has 41 heavy (non-hydrogen) atoms. The highest BCUT2D eigenvalue weighted by Crippen LogP contribution is 2.28. The summed E-state index contributed by atoms with van der Waals surface area (Å²) in [4.78, 5) is 43.6. The SMILES string of the molecule is COc1ccc(CNC(=O)CC2CN(C(=O)NC3CCCCC3)CCN2c2ccnc(-n3ccnc3)n2)cc1OC. The van der Waals surface area contributed by atoms with Crippen molar-refractivity contribution in [1.29, 1.82) is 0 Å². The molecule has 12 heteroatoms. The molecule has 1 atom stereocenters. The third-order valence-corrected chi connectivity index (χ3v) is 7.72. The van der Waals surface area contributed by atoms with E-state index in [4.69, 9.17) is 14.5 Å². The molecule has 2 aromatic heterocycles. The number of imidazole rings is 1. The van der Waals surface area contributed by atoms with Crippen LogP contribution in [-0.2, 0) is 11.3 Å². The third-order valence-electron chi connectivity index (χ3n) is 7.72. The Morgan fingerprint density at radius 3 is 2.61 bits per heavy atom. The van der Waals surface area contributed by atoms with Crippen molar-refractivity contribution >= 4 is 17.8 Å². The first-order chi connectivity index (χ1) is 20.0. The number of piperazine rings is 1. The number of nitrogens with one attached hydrogen (secondary N) is 2. The van der Waals surface area contributed by atoms with Crippen molar-refractivity contribution in [2.75, 3.05) is 38.8 Å². The maximum atomic E-state index is 13.2. The molecular formula is C29H38N8O4. The van der Waals surface area contributed by atoms with Gasteiger partial charge in [0.05, 0.1) is 20.3 Å². The first kappa shape index (κ1) is 28.2. The van der Waals surface area contributed by atoms with Gasteiger partial charge in [-0.15, -0.1) is 0 Å². The van der Waals surface area contributed by atoms with Crippen LogP contribution < -0.4 is 25.0 Å². The third kappa shape index (κ3) is 7.05. The number of carbonyl (C=O) groups excluding carboxylic acids is 2. The van der Waals surface area contributed by atoms with Gasteiger partial charge in [0.2, 0.25) is 11.9 Å². The lowest BCUT2D eigenvalue weighted by atomic mass is 9.96. The Morgan fingerprint density at radius 2 is 1.85 bits per heavy atom. The van der Waals surface area contributed by atoms with Gasteiger partial charge in [-0.05, 0) is 36.6 Å². The molecular weight excluding hydrogens is 524 g/mol. The number of hydrogen-bond donors (Lipinski definition) is 2. The number of ether oxygens (including phenoxy) is 2. The van der Waals surface area contributed by atoms with Crippen molar-refractivity contribution in [3.8, 4) is 17.4 Å². The molecule has 1 saturated carbocycles. The van der Waals surface area contributed by atoms with Crippen LogP contribution in [0.4, 0.5) is 10.6 Å². The molecule has 218 valence electrons. The number of benzene rings is 1. The molecule has 0 spiro atoms. The van der Waals surface area contributed by atoms with Crippen LogP contribution in [0, 0.1) is 0 Å². The van der Waals surface area contributed by atoms with E-state index in [1.54, 1.807) is 43.7 Å². The molecule has 1 aliphatic carbocycles. The summed E-state index contributed by atoms with van der Waals surface area (Å²) in [5, 5.41) is 6.25. The Labute approximate surface area is 240 Å². The van der Waals surface area contributed by atoms with Gasteiger partial charge in [-0.3, -0.25) is 9.36 Å². The van der Waals surface area contributed by atoms with Gasteiger partial charge in [-0.25, -0.2) is 14.8 Å². The highest BCUT2D eigenvalue weighted by atomic mass is 16.5. The molecule has 2 N–H and O–H groups in total. The Balaban J connectivity index is 1.29. The smallest absolute Gasteiger partial charge is 0.317 e. The Bertz CT molecular complexity index is 1310. The van der Waals surface area contributed by atoms with E-state index in [9.17, 15) is 9.59 Å². The minimum absolute atomic E-state index is 0.0610. The summed E-state index contributed by atoms with van der Waals surface area (Å²) < 4.78 is 12.4. The number of methoxy groups -OCH3 is 2. The molecule has 1 saturated heterocycles. The molecule has 2 fully saturated rings. The maximum Gasteiger partial charge on any atom is 0.317 e. The number of aromatic nitrogens is 4. The van der Waals surface area contributed by atoms with Crippen LogP contribution in [0.3, 0.4) is 0 Å². The number of anilines is 1. The van der Waals surface area contributed by atoms with E-state index in [0.717, 1.165) is 31.2 Å². The average molecular weight is 563 g/mol. The topological polar surface area (TPSA) is 127 Å². The van der Waals surface area contributed by atoms with Gasteiger partial charge >= 0.3 is 6.03 Å². The van der Waals surface area contributed by atoms with Crippen LogP contribution in [-0.4, -0.2) is 82.3 Å². The molecule has 12 nitrogen and oxygen atoms in total. The standard InChI is InChI=1S/C29H38N8O4/c1-40-24-9-8-21(16-25(24)41-2)18-32-27(38)17-23-19-35(29(39)33-22-6-4-3-5-7-22)14-15-37(23)26-10-11-31-28(34-26)36-13-12-30-20-36/h8-13,16,20,22-23H,3-7,14-15,17-19H2,1-2H3,(H,32,38)(H,33,39). The van der Waals surface area contributed by atoms with Crippen LogP contribution >= 0.6 is 0 Å². The second kappa shape index (κ2) is 13.3. The largest absolute Gasteiger partial charge is 0.493 e. The Kier molecular flexibility index (Phi) is 9.17. The second-order valence-corrected chi connectivity index (χ2v) is 10.4. The first-order valence-corrected chi connectivity index (χ1v) is 14.1. The summed E-state index contributed by atoms with van der Waals surface area (Å²) in [6.07, 6.45) is 12.6. The van der Waals surface area contributed by atoms with Crippen molar-refractivity contribution < 1.29 is 19.1 Å². The minimum Gasteiger partial charge on any atom is -0.493 e. The minimum atomic E-state index is -0.267. The normalized spacial score (nSPS) is 17.7. The lowest BCUT2D eigenvalue weighted by molar-refractivity contribution is -0.121. The molecule has 3 aromatic rings. The lowest BCUT2D eigenvalue weighted by Crippen LogP contribution is -2.59. The van der Waals surface area contributed by atoms with Gasteiger partial charge in [0, 0.05) is 57.2 Å². The van der Waals surface area contributed by atoms with Crippen molar-refractivity contribution in [2.45, 2.75) is 57.2 Å². The molecule has 2 aliphatic rings. The maximum absolute atomic E-state index is 13.2. The van der Waals surface area contributed by atoms with Crippen molar-refractivity contribution in [3.05, 3.63) is 54.7 Å². The summed E-state index contributed by atoms with van der Waals surface area (Å²) in [7, 11) is 3.17. The summed E-state index contributed by atoms with van der Waals surface area (Å²) in [6, 6.07) is 7.29. The van der Waals surface area contributed by atoms with Crippen LogP contribution in [0.15, 0.2) is 49.2 Å². The van der Waals surface area contributed by atoms with Crippen LogP contribution in [0.25, 0.3) is 5.95 Å². The van der Waals surface area contributed by atoms with Crippen molar-refractivity contribution in [2.24, 2.45) is 0 Å². The van der Waals surface area contributed by atoms with Gasteiger partial charge < -0.3 is 29.9 Å². The highest BCUT2D eigenvalue weighted by Gasteiger charge is 2.33. The van der Waals surface area contributed by atoms with E-state index in [1.165, 1.54) is 6.42 Å². The Hall–Kier alpha value is -4.35. The molecule has 5 rings (SSSR count). The molecule has 1 aliphatic heterocycles. The summed E-state index contributed by atoms with van der Waals surface area (Å²) in [5.74, 6) is 2.32. The van der Waals surface area contributed by atoms with Gasteiger partial charge in [0.1, 0.15) is 12.1 Å². The molecule has 3 amide bonds. The molecule has 1 aromatic carbocycles. The van der Waals surface area contributed by atoms with Crippen molar-refractivity contribution in [3.63, 3.8) is 0 Å². The molecule has 1 unspecified atom stereocenters. The van der Waals surface area contributed by atoms with E-state index >= 15 is 0 Å². The number of nitrogens with zero attached hydrogens (tertiary/aromatic N) is 6. The van der Waals surface area contributed by atoms with E-state index in [0.29, 0.717) is 49.4 Å². The van der Waals surface area contributed by atoms with Crippen LogP contribution in [0.1, 0.15) is 44.1 Å². The van der Waals surface area contributed by atoms with Crippen molar-refractivity contribution in [1.82, 2.24) is 35.1 Å². The zero-order valence-electron chi connectivity index (χ0n) is 23.7. The van der Waals surface area contributed by atoms with E-state index in [-0.39, 0.29) is 30.4 Å². The van der Waals surface area contributed by atoms with Crippen LogP contribution in [0.2, 0.25) is 0 Å². The lowest BCUT2D eigenvalue weighted by Gasteiger charge is -2.42. The highest BCUT2D eigenvalue weighted by molar-refractivity contribution is 5.78. The molecule has 0 radical (unpaired) electrons. The van der Waals surface area contributed by atoms with E-state index < -0.39 is 0 Å². The average Bonchev–Trinajstić information content (AvgIpc) is 3.56. The fourth-order valence-electron chi connectivity index (χ4n) is 5.51. The van der Waals surface area contributed by atoms with Gasteiger partial charge in [-0.1, -0.05) is 25.3 Å². The summed E-state index contributed by atoms with van der Waals surface area (Å²) in [6.45, 7) is 1.83. The quantitative estimate of drug-likeness (QED) is 0.408. The Morgan fingerprint density at radius 1 is 1.02 bits per heavy atom. The van der Waals surface area contributed by atoms with E-state index in [1.807, 2.05) is 29.2 Å². The van der Waals surface area contributed by atoms with E-state index in [2.05, 4.69) is 25.5 Å². The van der Waals surface area contributed by atoms with Gasteiger partial charge in [0.25, 0.3) is 0 Å². The van der Waals surface area contributed by atoms with Crippen LogP contribution in [0.5, 0.6) is 11.5 Å². The molecule has 0 bridgehead atoms. The number of hydrogen-bond acceptors (Lipinski definition) is 8. The van der Waals surface area contributed by atoms with Gasteiger partial charge in [-0.2, -0.15) is 4.98 Å². The zero-order valence-corrected chi connectivity index (χ0v) is 23.7. The number of carbonyl (C=O) groups is 2. The molecule has 3 heterocycles. The second-order valence-electron chi connectivity index (χ2n) is 10.4. The first-order valence-electron chi connectivity index (χ1n) is 14.1. The predicted octanol–water partition coefficient (Wildman–Crippen LogP) is 2.92. The summed E-state index contributed by atoms with van der Waals surface area (Å²) >= 11 is 0.